The summed E-state index contributed by atoms with van der Waals surface area (Å²) in [6.07, 6.45) is 0. The number of imide groups is 1. The van der Waals surface area contributed by atoms with Gasteiger partial charge in [0, 0.05) is 17.1 Å². The van der Waals surface area contributed by atoms with E-state index in [1.807, 2.05) is 50.2 Å². The molecule has 32 heavy (non-hydrogen) atoms. The van der Waals surface area contributed by atoms with Crippen LogP contribution in [0.1, 0.15) is 17.0 Å². The molecule has 1 aliphatic heterocycles. The maximum atomic E-state index is 13.6. The molecule has 0 aliphatic carbocycles. The lowest BCUT2D eigenvalue weighted by Crippen LogP contribution is -2.31. The van der Waals surface area contributed by atoms with Crippen LogP contribution >= 0.6 is 23.4 Å². The number of carbonyl (C=O) groups is 2. The summed E-state index contributed by atoms with van der Waals surface area (Å²) < 4.78 is 13.6. The number of thioether (sulfide) groups is 1. The average Bonchev–Trinajstić information content (AvgIpc) is 2.95. The van der Waals surface area contributed by atoms with Crippen molar-refractivity contribution in [1.29, 1.82) is 0 Å². The van der Waals surface area contributed by atoms with Crippen molar-refractivity contribution in [3.63, 3.8) is 0 Å². The van der Waals surface area contributed by atoms with E-state index in [2.05, 4.69) is 15.3 Å². The van der Waals surface area contributed by atoms with Crippen molar-refractivity contribution >= 4 is 40.9 Å². The maximum Gasteiger partial charge on any atom is 0.278 e. The normalized spacial score (nSPS) is 13.8. The Morgan fingerprint density at radius 2 is 1.69 bits per heavy atom. The fraction of sp³-hybridized carbons (Fsp3) is 0.130. The third-order valence-corrected chi connectivity index (χ3v) is 5.89. The fourth-order valence-electron chi connectivity index (χ4n) is 3.22. The zero-order valence-corrected chi connectivity index (χ0v) is 18.8. The molecule has 2 amide bonds. The van der Waals surface area contributed by atoms with Crippen molar-refractivity contribution in [1.82, 2.24) is 14.9 Å². The van der Waals surface area contributed by atoms with Crippen LogP contribution in [0.3, 0.4) is 0 Å². The van der Waals surface area contributed by atoms with Gasteiger partial charge in [-0.1, -0.05) is 41.9 Å². The van der Waals surface area contributed by atoms with Crippen molar-refractivity contribution in [2.75, 3.05) is 5.32 Å². The Bertz CT molecular complexity index is 1230. The van der Waals surface area contributed by atoms with Gasteiger partial charge in [0.15, 0.2) is 5.16 Å². The van der Waals surface area contributed by atoms with Crippen molar-refractivity contribution in [2.45, 2.75) is 25.5 Å². The van der Waals surface area contributed by atoms with Crippen LogP contribution in [0.5, 0.6) is 0 Å². The first kappa shape index (κ1) is 22.0. The van der Waals surface area contributed by atoms with Crippen LogP contribution in [0.25, 0.3) is 0 Å². The maximum absolute atomic E-state index is 13.6. The number of amides is 2. The van der Waals surface area contributed by atoms with E-state index in [1.54, 1.807) is 0 Å². The molecule has 0 fully saturated rings. The zero-order valence-electron chi connectivity index (χ0n) is 17.2. The first-order chi connectivity index (χ1) is 15.3. The lowest BCUT2D eigenvalue weighted by atomic mass is 10.2. The van der Waals surface area contributed by atoms with Crippen molar-refractivity contribution in [3.05, 3.63) is 93.0 Å². The molecule has 162 valence electrons. The van der Waals surface area contributed by atoms with Gasteiger partial charge in [0.1, 0.15) is 16.4 Å². The van der Waals surface area contributed by atoms with E-state index >= 15 is 0 Å². The van der Waals surface area contributed by atoms with Crippen molar-refractivity contribution in [3.8, 4) is 0 Å². The number of rotatable bonds is 6. The molecule has 2 aromatic carbocycles. The monoisotopic (exact) mass is 468 g/mol. The molecular formula is C23H18ClFN4O2S. The number of aromatic nitrogens is 2. The molecule has 4 rings (SSSR count). The molecule has 0 radical (unpaired) electrons. The van der Waals surface area contributed by atoms with Gasteiger partial charge in [0.25, 0.3) is 11.8 Å². The van der Waals surface area contributed by atoms with Gasteiger partial charge in [-0.15, -0.1) is 0 Å². The Kier molecular flexibility index (Phi) is 6.25. The molecule has 0 bridgehead atoms. The number of nitrogens with one attached hydrogen (secondary N) is 1. The highest BCUT2D eigenvalue weighted by Gasteiger charge is 2.39. The van der Waals surface area contributed by atoms with E-state index < -0.39 is 17.6 Å². The smallest absolute Gasteiger partial charge is 0.278 e. The molecule has 0 unspecified atom stereocenters. The van der Waals surface area contributed by atoms with Gasteiger partial charge in [-0.3, -0.25) is 14.5 Å². The molecule has 1 N–H and O–H groups in total. The number of carbonyl (C=O) groups excluding carboxylic acids is 2. The summed E-state index contributed by atoms with van der Waals surface area (Å²) >= 11 is 6.90. The van der Waals surface area contributed by atoms with Crippen LogP contribution < -0.4 is 5.32 Å². The fourth-order valence-corrected chi connectivity index (χ4v) is 4.40. The summed E-state index contributed by atoms with van der Waals surface area (Å²) in [6, 6.07) is 15.0. The van der Waals surface area contributed by atoms with Crippen LogP contribution in [0.2, 0.25) is 5.02 Å². The zero-order chi connectivity index (χ0) is 22.8. The van der Waals surface area contributed by atoms with Crippen LogP contribution in [-0.2, 0) is 16.1 Å². The lowest BCUT2D eigenvalue weighted by molar-refractivity contribution is -0.137. The molecule has 0 atom stereocenters. The molecule has 1 aliphatic rings. The summed E-state index contributed by atoms with van der Waals surface area (Å²) in [5.74, 6) is -1.53. The average molecular weight is 469 g/mol. The Morgan fingerprint density at radius 1 is 1.00 bits per heavy atom. The van der Waals surface area contributed by atoms with E-state index in [1.165, 1.54) is 18.2 Å². The van der Waals surface area contributed by atoms with Gasteiger partial charge < -0.3 is 5.32 Å². The second-order valence-electron chi connectivity index (χ2n) is 7.18. The van der Waals surface area contributed by atoms with Crippen LogP contribution in [0, 0.1) is 19.7 Å². The van der Waals surface area contributed by atoms with Crippen LogP contribution in [0.15, 0.2) is 70.4 Å². The van der Waals surface area contributed by atoms with E-state index in [9.17, 15) is 14.0 Å². The highest BCUT2D eigenvalue weighted by molar-refractivity contribution is 8.04. The second-order valence-corrected chi connectivity index (χ2v) is 8.56. The van der Waals surface area contributed by atoms with Gasteiger partial charge in [0.05, 0.1) is 11.6 Å². The number of halogens is 2. The van der Waals surface area contributed by atoms with Crippen molar-refractivity contribution in [2.24, 2.45) is 0 Å². The Balaban J connectivity index is 1.71. The van der Waals surface area contributed by atoms with Crippen LogP contribution in [0.4, 0.5) is 10.1 Å². The van der Waals surface area contributed by atoms with Gasteiger partial charge in [-0.05, 0) is 55.4 Å². The summed E-state index contributed by atoms with van der Waals surface area (Å²) in [6.45, 7) is 3.78. The Morgan fingerprint density at radius 3 is 2.34 bits per heavy atom. The first-order valence-electron chi connectivity index (χ1n) is 9.68. The summed E-state index contributed by atoms with van der Waals surface area (Å²) in [5, 5.41) is 3.21. The van der Waals surface area contributed by atoms with E-state index in [0.29, 0.717) is 10.8 Å². The third-order valence-electron chi connectivity index (χ3n) is 4.65. The molecular weight excluding hydrogens is 451 g/mol. The van der Waals surface area contributed by atoms with Crippen molar-refractivity contribution < 1.29 is 14.0 Å². The first-order valence-corrected chi connectivity index (χ1v) is 10.9. The molecule has 0 saturated carbocycles. The minimum absolute atomic E-state index is 0.0707. The van der Waals surface area contributed by atoms with E-state index in [0.717, 1.165) is 33.6 Å². The number of benzene rings is 2. The van der Waals surface area contributed by atoms with Gasteiger partial charge in [0.2, 0.25) is 0 Å². The number of nitrogens with zero attached hydrogens (tertiary/aromatic N) is 3. The molecule has 1 aromatic heterocycles. The van der Waals surface area contributed by atoms with E-state index in [4.69, 9.17) is 11.6 Å². The van der Waals surface area contributed by atoms with Crippen LogP contribution in [-0.4, -0.2) is 26.7 Å². The molecule has 3 aromatic rings. The topological polar surface area (TPSA) is 75.2 Å². The predicted octanol–water partition coefficient (Wildman–Crippen LogP) is 4.87. The molecule has 0 saturated heterocycles. The lowest BCUT2D eigenvalue weighted by Gasteiger charge is -2.15. The molecule has 2 heterocycles. The number of hydrogen-bond donors (Lipinski definition) is 1. The van der Waals surface area contributed by atoms with Gasteiger partial charge in [-0.2, -0.15) is 0 Å². The summed E-state index contributed by atoms with van der Waals surface area (Å²) in [7, 11) is 0. The number of anilines is 1. The standard InChI is InChI=1S/C23H18ClFN4O2S/c1-13-10-14(2)27-23(26-13)32-20-19(28-16-8-9-18(25)17(24)11-16)21(30)29(22(20)31)12-15-6-4-3-5-7-15/h3-11,28H,12H2,1-2H3. The summed E-state index contributed by atoms with van der Waals surface area (Å²) in [5.41, 5.74) is 2.76. The highest BCUT2D eigenvalue weighted by atomic mass is 35.5. The van der Waals surface area contributed by atoms with E-state index in [-0.39, 0.29) is 22.2 Å². The minimum atomic E-state index is -0.580. The Labute approximate surface area is 193 Å². The quantitative estimate of drug-likeness (QED) is 0.411. The van der Waals surface area contributed by atoms with Gasteiger partial charge >= 0.3 is 0 Å². The Hall–Kier alpha value is -3.23. The number of hydrogen-bond acceptors (Lipinski definition) is 6. The summed E-state index contributed by atoms with van der Waals surface area (Å²) in [4.78, 5) is 36.6. The number of aryl methyl sites for hydroxylation is 2. The largest absolute Gasteiger partial charge is 0.350 e. The molecule has 6 nitrogen and oxygen atoms in total. The second kappa shape index (κ2) is 9.10. The SMILES string of the molecule is Cc1cc(C)nc(SC2=C(Nc3ccc(F)c(Cl)c3)C(=O)N(Cc3ccccc3)C2=O)n1. The molecule has 0 spiro atoms. The van der Waals surface area contributed by atoms with Gasteiger partial charge in [-0.25, -0.2) is 14.4 Å². The minimum Gasteiger partial charge on any atom is -0.350 e. The molecule has 9 heteroatoms. The predicted molar refractivity (Wildman–Crippen MR) is 121 cm³/mol. The third kappa shape index (κ3) is 4.66. The highest BCUT2D eigenvalue weighted by Crippen LogP contribution is 2.35.